The third kappa shape index (κ3) is 3.77. The summed E-state index contributed by atoms with van der Waals surface area (Å²) in [6.45, 7) is 8.26. The third-order valence-electron chi connectivity index (χ3n) is 2.90. The molecule has 0 aliphatic carbocycles. The Balaban J connectivity index is 2.32. The predicted molar refractivity (Wildman–Crippen MR) is 84.2 cm³/mol. The number of rotatable bonds is 7. The molecule has 0 saturated heterocycles. The Kier molecular flexibility index (Phi) is 5.49. The van der Waals surface area contributed by atoms with Gasteiger partial charge >= 0.3 is 0 Å². The highest BCUT2D eigenvalue weighted by Crippen LogP contribution is 2.27. The third-order valence-corrected chi connectivity index (χ3v) is 3.74. The number of aromatic nitrogens is 2. The van der Waals surface area contributed by atoms with Crippen molar-refractivity contribution in [3.8, 4) is 11.3 Å². The molecule has 0 aliphatic heterocycles. The van der Waals surface area contributed by atoms with Crippen molar-refractivity contribution in [1.29, 1.82) is 0 Å². The molecule has 2 rings (SSSR count). The topological polar surface area (TPSA) is 47.0 Å². The summed E-state index contributed by atoms with van der Waals surface area (Å²) >= 11 is 1.73. The lowest BCUT2D eigenvalue weighted by Gasteiger charge is -2.09. The van der Waals surface area contributed by atoms with Crippen LogP contribution in [-0.4, -0.2) is 23.1 Å². The summed E-state index contributed by atoms with van der Waals surface area (Å²) in [4.78, 5) is 10.4. The molecule has 0 radical (unpaired) electrons. The van der Waals surface area contributed by atoms with Crippen LogP contribution in [0.5, 0.6) is 0 Å². The second-order valence-electron chi connectivity index (χ2n) is 4.51. The van der Waals surface area contributed by atoms with Gasteiger partial charge in [-0.15, -0.1) is 11.3 Å². The van der Waals surface area contributed by atoms with Gasteiger partial charge in [0.15, 0.2) is 5.82 Å². The molecule has 2 heterocycles. The summed E-state index contributed by atoms with van der Waals surface area (Å²) in [6, 6.07) is 4.12. The van der Waals surface area contributed by atoms with Crippen molar-refractivity contribution in [2.24, 2.45) is 0 Å². The summed E-state index contributed by atoms with van der Waals surface area (Å²) in [5.41, 5.74) is 2.14. The zero-order chi connectivity index (χ0) is 14.4. The lowest BCUT2D eigenvalue weighted by molar-refractivity contribution is 0.128. The van der Waals surface area contributed by atoms with Crippen molar-refractivity contribution in [2.75, 3.05) is 18.5 Å². The minimum absolute atomic E-state index is 0.453. The Morgan fingerprint density at radius 2 is 2.15 bits per heavy atom. The van der Waals surface area contributed by atoms with Crippen molar-refractivity contribution in [2.45, 2.75) is 33.8 Å². The fourth-order valence-electron chi connectivity index (χ4n) is 1.89. The lowest BCUT2D eigenvalue weighted by Crippen LogP contribution is -2.07. The predicted octanol–water partition coefficient (Wildman–Crippen LogP) is 3.87. The van der Waals surface area contributed by atoms with Crippen LogP contribution in [0.3, 0.4) is 0 Å². The Bertz CT molecular complexity index is 528. The molecule has 2 aromatic rings. The number of hydrogen-bond donors (Lipinski definition) is 1. The molecule has 0 fully saturated rings. The second-order valence-corrected chi connectivity index (χ2v) is 5.63. The highest BCUT2D eigenvalue weighted by Gasteiger charge is 2.09. The molecular formula is C15H21N3OS. The van der Waals surface area contributed by atoms with Gasteiger partial charge in [0.25, 0.3) is 0 Å². The monoisotopic (exact) mass is 291 g/mol. The van der Waals surface area contributed by atoms with Crippen LogP contribution in [0.1, 0.15) is 31.0 Å². The number of hydrogen-bond acceptors (Lipinski definition) is 5. The Morgan fingerprint density at radius 1 is 1.30 bits per heavy atom. The van der Waals surface area contributed by atoms with Crippen LogP contribution in [0, 0.1) is 6.92 Å². The van der Waals surface area contributed by atoms with Gasteiger partial charge in [0.05, 0.1) is 5.69 Å². The van der Waals surface area contributed by atoms with Crippen molar-refractivity contribution in [3.63, 3.8) is 0 Å². The molecule has 20 heavy (non-hydrogen) atoms. The smallest absolute Gasteiger partial charge is 0.157 e. The highest BCUT2D eigenvalue weighted by atomic mass is 32.1. The average molecular weight is 291 g/mol. The standard InChI is InChI=1S/C15H21N3OS/c1-4-7-16-14-9-13(12-6-8-20-11(12)3)17-15(18-14)10-19-5-2/h6,8-9H,4-5,7,10H2,1-3H3,(H,16,17,18). The van der Waals surface area contributed by atoms with Crippen molar-refractivity contribution in [1.82, 2.24) is 9.97 Å². The molecule has 2 aromatic heterocycles. The lowest BCUT2D eigenvalue weighted by atomic mass is 10.2. The van der Waals surface area contributed by atoms with E-state index in [0.29, 0.717) is 13.2 Å². The van der Waals surface area contributed by atoms with Crippen LogP contribution in [0.15, 0.2) is 17.5 Å². The van der Waals surface area contributed by atoms with Gasteiger partial charge in [-0.1, -0.05) is 6.92 Å². The van der Waals surface area contributed by atoms with Gasteiger partial charge in [-0.05, 0) is 31.7 Å². The van der Waals surface area contributed by atoms with E-state index in [1.165, 1.54) is 10.4 Å². The molecule has 0 aliphatic rings. The Labute approximate surface area is 124 Å². The van der Waals surface area contributed by atoms with Gasteiger partial charge in [-0.2, -0.15) is 0 Å². The molecule has 108 valence electrons. The molecule has 0 saturated carbocycles. The van der Waals surface area contributed by atoms with Crippen LogP contribution < -0.4 is 5.32 Å². The van der Waals surface area contributed by atoms with E-state index in [9.17, 15) is 0 Å². The zero-order valence-electron chi connectivity index (χ0n) is 12.3. The van der Waals surface area contributed by atoms with Gasteiger partial charge in [-0.3, -0.25) is 0 Å². The van der Waals surface area contributed by atoms with E-state index in [2.05, 4.69) is 40.6 Å². The molecule has 0 amide bonds. The maximum atomic E-state index is 5.43. The van der Waals surface area contributed by atoms with E-state index in [-0.39, 0.29) is 0 Å². The first-order valence-electron chi connectivity index (χ1n) is 6.98. The van der Waals surface area contributed by atoms with Crippen molar-refractivity contribution >= 4 is 17.2 Å². The van der Waals surface area contributed by atoms with E-state index in [0.717, 1.165) is 30.3 Å². The van der Waals surface area contributed by atoms with Crippen molar-refractivity contribution in [3.05, 3.63) is 28.2 Å². The summed E-state index contributed by atoms with van der Waals surface area (Å²) in [6.07, 6.45) is 1.07. The molecule has 0 spiro atoms. The maximum Gasteiger partial charge on any atom is 0.157 e. The van der Waals surface area contributed by atoms with E-state index in [1.807, 2.05) is 13.0 Å². The van der Waals surface area contributed by atoms with Crippen molar-refractivity contribution < 1.29 is 4.74 Å². The highest BCUT2D eigenvalue weighted by molar-refractivity contribution is 7.10. The zero-order valence-corrected chi connectivity index (χ0v) is 13.1. The molecule has 0 aromatic carbocycles. The van der Waals surface area contributed by atoms with Crippen LogP contribution in [0.25, 0.3) is 11.3 Å². The minimum atomic E-state index is 0.453. The summed E-state index contributed by atoms with van der Waals surface area (Å²) in [5.74, 6) is 1.60. The molecule has 0 atom stereocenters. The Hall–Kier alpha value is -1.46. The van der Waals surface area contributed by atoms with Gasteiger partial charge in [0, 0.05) is 29.7 Å². The largest absolute Gasteiger partial charge is 0.374 e. The fraction of sp³-hybridized carbons (Fsp3) is 0.467. The number of thiophene rings is 1. The SMILES string of the molecule is CCCNc1cc(-c2ccsc2C)nc(COCC)n1. The molecular weight excluding hydrogens is 270 g/mol. The molecule has 1 N–H and O–H groups in total. The number of nitrogens with zero attached hydrogens (tertiary/aromatic N) is 2. The summed E-state index contributed by atoms with van der Waals surface area (Å²) < 4.78 is 5.43. The van der Waals surface area contributed by atoms with Crippen LogP contribution in [0.4, 0.5) is 5.82 Å². The van der Waals surface area contributed by atoms with E-state index in [4.69, 9.17) is 4.74 Å². The number of anilines is 1. The molecule has 5 heteroatoms. The second kappa shape index (κ2) is 7.36. The van der Waals surface area contributed by atoms with Gasteiger partial charge in [0.2, 0.25) is 0 Å². The van der Waals surface area contributed by atoms with Crippen LogP contribution >= 0.6 is 11.3 Å². The van der Waals surface area contributed by atoms with E-state index in [1.54, 1.807) is 11.3 Å². The summed E-state index contributed by atoms with van der Waals surface area (Å²) in [5, 5.41) is 5.42. The quantitative estimate of drug-likeness (QED) is 0.841. The van der Waals surface area contributed by atoms with Gasteiger partial charge in [-0.25, -0.2) is 9.97 Å². The molecule has 0 unspecified atom stereocenters. The van der Waals surface area contributed by atoms with Gasteiger partial charge < -0.3 is 10.1 Å². The first kappa shape index (κ1) is 14.9. The van der Waals surface area contributed by atoms with Crippen LogP contribution in [-0.2, 0) is 11.3 Å². The van der Waals surface area contributed by atoms with Crippen LogP contribution in [0.2, 0.25) is 0 Å². The maximum absolute atomic E-state index is 5.43. The van der Waals surface area contributed by atoms with Gasteiger partial charge in [0.1, 0.15) is 12.4 Å². The average Bonchev–Trinajstić information content (AvgIpc) is 2.89. The number of nitrogens with one attached hydrogen (secondary N) is 1. The summed E-state index contributed by atoms with van der Waals surface area (Å²) in [7, 11) is 0. The first-order chi connectivity index (χ1) is 9.74. The minimum Gasteiger partial charge on any atom is -0.374 e. The fourth-order valence-corrected chi connectivity index (χ4v) is 2.60. The van der Waals surface area contributed by atoms with E-state index < -0.39 is 0 Å². The number of aryl methyl sites for hydroxylation is 1. The number of ether oxygens (including phenoxy) is 1. The molecule has 0 bridgehead atoms. The molecule has 4 nitrogen and oxygen atoms in total. The first-order valence-corrected chi connectivity index (χ1v) is 7.86. The normalized spacial score (nSPS) is 10.8. The Morgan fingerprint density at radius 3 is 2.80 bits per heavy atom. The van der Waals surface area contributed by atoms with E-state index >= 15 is 0 Å².